The minimum atomic E-state index is -3.59. The Morgan fingerprint density at radius 1 is 1.48 bits per heavy atom. The van der Waals surface area contributed by atoms with Crippen LogP contribution in [0.3, 0.4) is 0 Å². The second-order valence-electron chi connectivity index (χ2n) is 4.77. The molecule has 1 aromatic carbocycles. The van der Waals surface area contributed by atoms with Crippen molar-refractivity contribution in [2.75, 3.05) is 24.4 Å². The van der Waals surface area contributed by atoms with E-state index in [-0.39, 0.29) is 13.2 Å². The number of benzene rings is 1. The Morgan fingerprint density at radius 2 is 2.24 bits per heavy atom. The van der Waals surface area contributed by atoms with Crippen molar-refractivity contribution in [2.45, 2.75) is 12.1 Å². The number of hydrogen-bond acceptors (Lipinski definition) is 6. The van der Waals surface area contributed by atoms with Gasteiger partial charge in [-0.05, 0) is 18.2 Å². The molecule has 9 heteroatoms. The third-order valence-electron chi connectivity index (χ3n) is 3.25. The molecule has 0 saturated carbocycles. The topological polar surface area (TPSA) is 82.1 Å². The number of halogens is 1. The highest BCUT2D eigenvalue weighted by Gasteiger charge is 2.47. The average molecular weight is 378 g/mol. The molecule has 1 saturated heterocycles. The maximum atomic E-state index is 12.0. The number of rotatable bonds is 3. The number of cyclic esters (lactones) is 1. The number of carbonyl (C=O) groups excluding carboxylic acids is 1. The largest absolute Gasteiger partial charge is 0.489 e. The lowest BCUT2D eigenvalue weighted by Gasteiger charge is -2.31. The molecule has 114 valence electrons. The molecule has 2 atom stereocenters. The standard InChI is InChI=1S/C12H12BrNO6S/c1-21(16,17)19-6-11-9-5-18-10-4-7(13)2-3-8(10)14(9)12(15)20-11/h2-4,9,11H,5-6H2,1H3/t9-,11+/m1/s1. The number of hydrogen-bond donors (Lipinski definition) is 0. The summed E-state index contributed by atoms with van der Waals surface area (Å²) in [6.45, 7) is -0.00601. The molecule has 0 radical (unpaired) electrons. The SMILES string of the molecule is CS(=O)(=O)OC[C@@H]1OC(=O)N2c3ccc(Br)cc3OC[C@H]12. The molecule has 0 aliphatic carbocycles. The van der Waals surface area contributed by atoms with Crippen LogP contribution in [0.15, 0.2) is 22.7 Å². The minimum Gasteiger partial charge on any atom is -0.489 e. The van der Waals surface area contributed by atoms with Gasteiger partial charge in [-0.15, -0.1) is 0 Å². The molecule has 0 N–H and O–H groups in total. The second kappa shape index (κ2) is 5.15. The fourth-order valence-electron chi connectivity index (χ4n) is 2.34. The Balaban J connectivity index is 1.85. The van der Waals surface area contributed by atoms with Gasteiger partial charge >= 0.3 is 6.09 Å². The van der Waals surface area contributed by atoms with E-state index in [1.165, 1.54) is 4.90 Å². The molecule has 3 rings (SSSR count). The Kier molecular flexibility index (Phi) is 3.58. The van der Waals surface area contributed by atoms with Gasteiger partial charge in [0.2, 0.25) is 0 Å². The molecule has 1 aromatic rings. The summed E-state index contributed by atoms with van der Waals surface area (Å²) in [5.74, 6) is 0.572. The summed E-state index contributed by atoms with van der Waals surface area (Å²) >= 11 is 3.34. The molecule has 21 heavy (non-hydrogen) atoms. The molecular formula is C12H12BrNO6S. The number of carbonyl (C=O) groups is 1. The second-order valence-corrected chi connectivity index (χ2v) is 7.33. The lowest BCUT2D eigenvalue weighted by Crippen LogP contribution is -2.45. The molecule has 2 aliphatic rings. The average Bonchev–Trinajstić information content (AvgIpc) is 2.72. The molecule has 7 nitrogen and oxygen atoms in total. The third-order valence-corrected chi connectivity index (χ3v) is 4.30. The van der Waals surface area contributed by atoms with E-state index in [4.69, 9.17) is 13.7 Å². The number of fused-ring (bicyclic) bond motifs is 3. The molecule has 2 aliphatic heterocycles. The molecular weight excluding hydrogens is 366 g/mol. The van der Waals surface area contributed by atoms with Crippen LogP contribution >= 0.6 is 15.9 Å². The van der Waals surface area contributed by atoms with Gasteiger partial charge in [-0.1, -0.05) is 15.9 Å². The zero-order valence-electron chi connectivity index (χ0n) is 11.0. The third kappa shape index (κ3) is 2.85. The zero-order chi connectivity index (χ0) is 15.2. The van der Waals surface area contributed by atoms with E-state index in [1.54, 1.807) is 18.2 Å². The van der Waals surface area contributed by atoms with Crippen molar-refractivity contribution >= 4 is 37.8 Å². The normalized spacial score (nSPS) is 24.1. The highest BCUT2D eigenvalue weighted by atomic mass is 79.9. The monoisotopic (exact) mass is 377 g/mol. The van der Waals surface area contributed by atoms with Gasteiger partial charge in [0.1, 0.15) is 25.0 Å². The van der Waals surface area contributed by atoms with Crippen LogP contribution < -0.4 is 9.64 Å². The first-order valence-corrected chi connectivity index (χ1v) is 8.73. The van der Waals surface area contributed by atoms with E-state index in [0.717, 1.165) is 10.7 Å². The van der Waals surface area contributed by atoms with Crippen LogP contribution in [-0.4, -0.2) is 46.1 Å². The number of amides is 1. The first-order valence-electron chi connectivity index (χ1n) is 6.12. The molecule has 0 aromatic heterocycles. The highest BCUT2D eigenvalue weighted by molar-refractivity contribution is 9.10. The van der Waals surface area contributed by atoms with Crippen molar-refractivity contribution < 1.29 is 26.9 Å². The van der Waals surface area contributed by atoms with Crippen molar-refractivity contribution in [1.29, 1.82) is 0 Å². The number of anilines is 1. The van der Waals surface area contributed by atoms with Crippen molar-refractivity contribution in [1.82, 2.24) is 0 Å². The van der Waals surface area contributed by atoms with Crippen LogP contribution in [0.1, 0.15) is 0 Å². The van der Waals surface area contributed by atoms with Crippen molar-refractivity contribution in [3.63, 3.8) is 0 Å². The molecule has 1 fully saturated rings. The highest BCUT2D eigenvalue weighted by Crippen LogP contribution is 2.40. The van der Waals surface area contributed by atoms with Crippen molar-refractivity contribution in [2.24, 2.45) is 0 Å². The van der Waals surface area contributed by atoms with Crippen LogP contribution in [0.25, 0.3) is 0 Å². The van der Waals surface area contributed by atoms with Gasteiger partial charge in [0.15, 0.2) is 6.10 Å². The number of ether oxygens (including phenoxy) is 2. The van der Waals surface area contributed by atoms with Gasteiger partial charge < -0.3 is 9.47 Å². The quantitative estimate of drug-likeness (QED) is 0.742. The van der Waals surface area contributed by atoms with Gasteiger partial charge in [0.05, 0.1) is 11.9 Å². The first-order chi connectivity index (χ1) is 9.85. The summed E-state index contributed by atoms with van der Waals surface area (Å²) in [4.78, 5) is 13.5. The predicted molar refractivity (Wildman–Crippen MR) is 77.0 cm³/mol. The van der Waals surface area contributed by atoms with Gasteiger partial charge in [-0.25, -0.2) is 4.79 Å². The van der Waals surface area contributed by atoms with Gasteiger partial charge in [-0.2, -0.15) is 8.42 Å². The Labute approximate surface area is 130 Å². The van der Waals surface area contributed by atoms with Crippen LogP contribution in [-0.2, 0) is 19.0 Å². The maximum Gasteiger partial charge on any atom is 0.415 e. The molecule has 0 bridgehead atoms. The molecule has 0 unspecified atom stereocenters. The van der Waals surface area contributed by atoms with Gasteiger partial charge in [0, 0.05) is 4.47 Å². The van der Waals surface area contributed by atoms with Crippen LogP contribution in [0, 0.1) is 0 Å². The summed E-state index contributed by atoms with van der Waals surface area (Å²) in [6, 6.07) is 4.89. The van der Waals surface area contributed by atoms with E-state index >= 15 is 0 Å². The lowest BCUT2D eigenvalue weighted by molar-refractivity contribution is 0.0844. The van der Waals surface area contributed by atoms with Crippen LogP contribution in [0.4, 0.5) is 10.5 Å². The minimum absolute atomic E-state index is 0.215. The van der Waals surface area contributed by atoms with Crippen LogP contribution in [0.2, 0.25) is 0 Å². The Hall–Kier alpha value is -1.32. The fourth-order valence-corrected chi connectivity index (χ4v) is 3.06. The van der Waals surface area contributed by atoms with Crippen molar-refractivity contribution in [3.8, 4) is 5.75 Å². The Morgan fingerprint density at radius 3 is 2.95 bits per heavy atom. The van der Waals surface area contributed by atoms with Crippen molar-refractivity contribution in [3.05, 3.63) is 22.7 Å². The van der Waals surface area contributed by atoms with E-state index in [2.05, 4.69) is 15.9 Å². The molecule has 1 amide bonds. The predicted octanol–water partition coefficient (Wildman–Crippen LogP) is 1.51. The summed E-state index contributed by atoms with van der Waals surface area (Å²) in [6.07, 6.45) is -0.274. The first kappa shape index (κ1) is 14.6. The summed E-state index contributed by atoms with van der Waals surface area (Å²) < 4.78 is 38.5. The Bertz CT molecular complexity index is 691. The van der Waals surface area contributed by atoms with E-state index < -0.39 is 28.4 Å². The van der Waals surface area contributed by atoms with E-state index in [0.29, 0.717) is 11.4 Å². The number of nitrogens with zero attached hydrogens (tertiary/aromatic N) is 1. The van der Waals surface area contributed by atoms with Gasteiger partial charge in [-0.3, -0.25) is 9.08 Å². The lowest BCUT2D eigenvalue weighted by atomic mass is 10.1. The van der Waals surface area contributed by atoms with E-state index in [1.807, 2.05) is 0 Å². The maximum absolute atomic E-state index is 12.0. The van der Waals surface area contributed by atoms with E-state index in [9.17, 15) is 13.2 Å². The van der Waals surface area contributed by atoms with Crippen LogP contribution in [0.5, 0.6) is 5.75 Å². The summed E-state index contributed by atoms with van der Waals surface area (Å²) in [5, 5.41) is 0. The summed E-state index contributed by atoms with van der Waals surface area (Å²) in [5.41, 5.74) is 0.598. The van der Waals surface area contributed by atoms with Gasteiger partial charge in [0.25, 0.3) is 10.1 Å². The fraction of sp³-hybridized carbons (Fsp3) is 0.417. The smallest absolute Gasteiger partial charge is 0.415 e. The zero-order valence-corrected chi connectivity index (χ0v) is 13.4. The summed E-state index contributed by atoms with van der Waals surface area (Å²) in [7, 11) is -3.59. The molecule has 2 heterocycles. The molecule has 0 spiro atoms.